The lowest BCUT2D eigenvalue weighted by Gasteiger charge is -2.24. The van der Waals surface area contributed by atoms with E-state index in [9.17, 15) is 33.6 Å². The first kappa shape index (κ1) is 45.3. The Bertz CT molecular complexity index is 1410. The van der Waals surface area contributed by atoms with Crippen molar-refractivity contribution >= 4 is 47.4 Å². The Morgan fingerprint density at radius 1 is 0.907 bits per heavy atom. The first-order valence-electron chi connectivity index (χ1n) is 18.0. The third-order valence-corrected chi connectivity index (χ3v) is 8.45. The molecule has 1 aliphatic heterocycles. The van der Waals surface area contributed by atoms with Crippen LogP contribution in [0.15, 0.2) is 24.3 Å². The fraction of sp³-hybridized carbons (Fsp3) is 0.639. The van der Waals surface area contributed by atoms with Crippen LogP contribution in [0.5, 0.6) is 0 Å². The molecule has 18 heteroatoms. The van der Waals surface area contributed by atoms with E-state index in [1.807, 2.05) is 13.8 Å². The second-order valence-corrected chi connectivity index (χ2v) is 13.3. The van der Waals surface area contributed by atoms with E-state index in [0.29, 0.717) is 17.8 Å². The third-order valence-electron chi connectivity index (χ3n) is 8.45. The number of aliphatic hydroxyl groups is 1. The molecule has 0 saturated carbocycles. The predicted molar refractivity (Wildman–Crippen MR) is 195 cm³/mol. The molecule has 54 heavy (non-hydrogen) atoms. The summed E-state index contributed by atoms with van der Waals surface area (Å²) in [4.78, 5) is 90.5. The van der Waals surface area contributed by atoms with Gasteiger partial charge < -0.3 is 49.8 Å². The van der Waals surface area contributed by atoms with Gasteiger partial charge in [-0.15, -0.1) is 0 Å². The van der Waals surface area contributed by atoms with Crippen LogP contribution in [0.25, 0.3) is 0 Å². The Kier molecular flexibility index (Phi) is 20.0. The van der Waals surface area contributed by atoms with Crippen molar-refractivity contribution in [3.63, 3.8) is 0 Å². The molecule has 1 saturated heterocycles. The summed E-state index contributed by atoms with van der Waals surface area (Å²) in [7, 11) is 1.55. The highest BCUT2D eigenvalue weighted by molar-refractivity contribution is 6.03. The number of rotatable bonds is 23. The predicted octanol–water partition coefficient (Wildman–Crippen LogP) is 0.966. The number of carbonyl (C=O) groups is 7. The number of anilines is 1. The van der Waals surface area contributed by atoms with Crippen molar-refractivity contribution < 1.29 is 57.6 Å². The minimum atomic E-state index is -0.988. The molecule has 2 rings (SSSR count). The number of hydrogen-bond acceptors (Lipinski definition) is 12. The van der Waals surface area contributed by atoms with Crippen molar-refractivity contribution in [3.8, 4) is 0 Å². The normalized spacial score (nSPS) is 14.5. The summed E-state index contributed by atoms with van der Waals surface area (Å²) in [6.07, 6.45) is -1.24. The Morgan fingerprint density at radius 2 is 1.59 bits per heavy atom. The number of amides is 7. The van der Waals surface area contributed by atoms with Crippen LogP contribution in [0, 0.1) is 17.8 Å². The second kappa shape index (κ2) is 23.8. The number of likely N-dealkylation sites (tertiary alicyclic amines) is 1. The molecule has 1 fully saturated rings. The van der Waals surface area contributed by atoms with Crippen LogP contribution in [0.2, 0.25) is 0 Å². The first-order valence-corrected chi connectivity index (χ1v) is 18.0. The minimum absolute atomic E-state index is 0.0204. The van der Waals surface area contributed by atoms with Crippen molar-refractivity contribution in [2.45, 2.75) is 53.7 Å². The van der Waals surface area contributed by atoms with E-state index in [1.54, 1.807) is 45.2 Å². The fourth-order valence-corrected chi connectivity index (χ4v) is 5.17. The minimum Gasteiger partial charge on any atom is -0.447 e. The number of aliphatic hydroxyl groups excluding tert-OH is 1. The first-order chi connectivity index (χ1) is 25.6. The number of nitrogens with zero attached hydrogens (tertiary/aromatic N) is 3. The summed E-state index contributed by atoms with van der Waals surface area (Å²) in [5, 5.41) is 16.4. The number of hydrogen-bond donors (Lipinski definition) is 4. The maximum atomic E-state index is 12.8. The van der Waals surface area contributed by atoms with E-state index in [2.05, 4.69) is 16.0 Å². The molecule has 302 valence electrons. The van der Waals surface area contributed by atoms with Crippen molar-refractivity contribution in [2.24, 2.45) is 17.8 Å². The number of nitrogens with one attached hydrogen (secondary N) is 3. The van der Waals surface area contributed by atoms with Gasteiger partial charge in [0.1, 0.15) is 19.3 Å². The van der Waals surface area contributed by atoms with Gasteiger partial charge in [-0.1, -0.05) is 39.8 Å². The van der Waals surface area contributed by atoms with Crippen LogP contribution in [0.1, 0.15) is 46.6 Å². The number of likely N-dealkylation sites (N-methyl/N-ethyl adjacent to an activating group) is 1. The molecule has 1 aromatic carbocycles. The molecule has 0 radical (unpaired) electrons. The zero-order chi connectivity index (χ0) is 40.2. The summed E-state index contributed by atoms with van der Waals surface area (Å²) in [5.41, 5.74) is 1.10. The van der Waals surface area contributed by atoms with E-state index in [1.165, 1.54) is 21.6 Å². The lowest BCUT2D eigenvalue weighted by atomic mass is 9.94. The van der Waals surface area contributed by atoms with E-state index in [0.717, 1.165) is 0 Å². The van der Waals surface area contributed by atoms with Gasteiger partial charge in [-0.05, 0) is 29.5 Å². The third kappa shape index (κ3) is 16.1. The SMILES string of the molecule is CC(=O)N(CCOCCO)CCN(C)C(=O)OCc1ccc(NC(=O)CNC(=O)C(NC(=O)OCCOCCN2C(=O)CC(C(C)C)C2=O)C(C)C)cc1. The summed E-state index contributed by atoms with van der Waals surface area (Å²) in [6.45, 7) is 9.57. The van der Waals surface area contributed by atoms with Gasteiger partial charge in [-0.25, -0.2) is 9.59 Å². The molecule has 0 aliphatic carbocycles. The number of imide groups is 1. The average molecular weight is 765 g/mol. The number of benzene rings is 1. The monoisotopic (exact) mass is 764 g/mol. The smallest absolute Gasteiger partial charge is 0.409 e. The summed E-state index contributed by atoms with van der Waals surface area (Å²) in [5.74, 6) is -2.27. The zero-order valence-electron chi connectivity index (χ0n) is 32.1. The largest absolute Gasteiger partial charge is 0.447 e. The molecule has 0 aromatic heterocycles. The summed E-state index contributed by atoms with van der Waals surface area (Å²) < 4.78 is 21.1. The molecule has 1 aromatic rings. The van der Waals surface area contributed by atoms with Crippen LogP contribution >= 0.6 is 0 Å². The number of ether oxygens (including phenoxy) is 4. The number of alkyl carbamates (subject to hydrolysis) is 1. The second-order valence-electron chi connectivity index (χ2n) is 13.3. The Hall–Kier alpha value is -4.81. The maximum Gasteiger partial charge on any atom is 0.409 e. The topological polar surface area (TPSA) is 222 Å². The molecule has 2 unspecified atom stereocenters. The van der Waals surface area contributed by atoms with Crippen LogP contribution in [0.4, 0.5) is 15.3 Å². The van der Waals surface area contributed by atoms with Gasteiger partial charge in [0.05, 0.1) is 46.1 Å². The standard InChI is InChI=1S/C36H56N6O12/c1-24(2)29-21-31(46)42(34(29)48)14-17-52-19-20-53-35(49)39-32(25(3)4)33(47)37-22-30(45)38-28-9-7-27(8-10-28)23-54-36(50)40(6)11-12-41(26(5)44)13-16-51-18-15-43/h7-10,24-25,29,32,43H,11-23H2,1-6H3,(H,37,47)(H,38,45)(H,39,49). The lowest BCUT2D eigenvalue weighted by Crippen LogP contribution is -2.51. The summed E-state index contributed by atoms with van der Waals surface area (Å²) >= 11 is 0. The molecular formula is C36H56N6O12. The molecule has 2 atom stereocenters. The van der Waals surface area contributed by atoms with Gasteiger partial charge in [-0.3, -0.25) is 28.9 Å². The van der Waals surface area contributed by atoms with Crippen molar-refractivity contribution in [3.05, 3.63) is 29.8 Å². The van der Waals surface area contributed by atoms with E-state index in [4.69, 9.17) is 24.1 Å². The van der Waals surface area contributed by atoms with E-state index in [-0.39, 0.29) is 114 Å². The van der Waals surface area contributed by atoms with Gasteiger partial charge in [0.15, 0.2) is 0 Å². The Balaban J connectivity index is 1.67. The fourth-order valence-electron chi connectivity index (χ4n) is 5.17. The van der Waals surface area contributed by atoms with Crippen LogP contribution in [0.3, 0.4) is 0 Å². The van der Waals surface area contributed by atoms with Gasteiger partial charge in [0.2, 0.25) is 29.5 Å². The van der Waals surface area contributed by atoms with Gasteiger partial charge in [-0.2, -0.15) is 0 Å². The molecule has 0 bridgehead atoms. The molecule has 7 amide bonds. The molecule has 18 nitrogen and oxygen atoms in total. The average Bonchev–Trinajstić information content (AvgIpc) is 3.42. The van der Waals surface area contributed by atoms with Crippen molar-refractivity contribution in [2.75, 3.05) is 84.7 Å². The van der Waals surface area contributed by atoms with E-state index < -0.39 is 30.0 Å². The zero-order valence-corrected chi connectivity index (χ0v) is 32.1. The highest BCUT2D eigenvalue weighted by Crippen LogP contribution is 2.26. The summed E-state index contributed by atoms with van der Waals surface area (Å²) in [6, 6.07) is 5.57. The molecule has 0 spiro atoms. The van der Waals surface area contributed by atoms with E-state index >= 15 is 0 Å². The molecule has 1 heterocycles. The number of carbonyl (C=O) groups excluding carboxylic acids is 7. The van der Waals surface area contributed by atoms with Crippen molar-refractivity contribution in [1.29, 1.82) is 0 Å². The van der Waals surface area contributed by atoms with Gasteiger partial charge in [0, 0.05) is 51.6 Å². The quantitative estimate of drug-likeness (QED) is 0.0905. The van der Waals surface area contributed by atoms with Crippen LogP contribution < -0.4 is 16.0 Å². The highest BCUT2D eigenvalue weighted by Gasteiger charge is 2.39. The van der Waals surface area contributed by atoms with Gasteiger partial charge >= 0.3 is 12.2 Å². The Morgan fingerprint density at radius 3 is 2.20 bits per heavy atom. The Labute approximate surface area is 316 Å². The lowest BCUT2D eigenvalue weighted by molar-refractivity contribution is -0.140. The van der Waals surface area contributed by atoms with Crippen LogP contribution in [-0.4, -0.2) is 147 Å². The molecule has 4 N–H and O–H groups in total. The van der Waals surface area contributed by atoms with Crippen LogP contribution in [-0.2, 0) is 49.5 Å². The highest BCUT2D eigenvalue weighted by atomic mass is 16.6. The van der Waals surface area contributed by atoms with Crippen molar-refractivity contribution in [1.82, 2.24) is 25.3 Å². The maximum absolute atomic E-state index is 12.8. The molecule has 1 aliphatic rings. The molecular weight excluding hydrogens is 708 g/mol. The van der Waals surface area contributed by atoms with Gasteiger partial charge in [0.25, 0.3) is 0 Å².